The van der Waals surface area contributed by atoms with Crippen molar-refractivity contribution in [2.75, 3.05) is 0 Å². The Kier molecular flexibility index (Phi) is 3.31. The monoisotopic (exact) mass is 320 g/mol. The van der Waals surface area contributed by atoms with Crippen molar-refractivity contribution in [3.05, 3.63) is 80.0 Å². The van der Waals surface area contributed by atoms with Crippen LogP contribution in [-0.4, -0.2) is 0 Å². The van der Waals surface area contributed by atoms with Crippen molar-refractivity contribution in [2.24, 2.45) is 0 Å². The van der Waals surface area contributed by atoms with E-state index in [0.29, 0.717) is 0 Å². The van der Waals surface area contributed by atoms with Gasteiger partial charge in [-0.2, -0.15) is 0 Å². The van der Waals surface area contributed by atoms with Crippen LogP contribution in [0.3, 0.4) is 0 Å². The van der Waals surface area contributed by atoms with Gasteiger partial charge in [-0.1, -0.05) is 35.9 Å². The van der Waals surface area contributed by atoms with Crippen molar-refractivity contribution >= 4 is 11.3 Å². The molecule has 3 aromatic rings. The molecule has 0 spiro atoms. The van der Waals surface area contributed by atoms with Crippen molar-refractivity contribution in [1.29, 1.82) is 0 Å². The summed E-state index contributed by atoms with van der Waals surface area (Å²) in [6.07, 6.45) is 0. The van der Waals surface area contributed by atoms with E-state index in [0.717, 1.165) is 11.5 Å². The molecule has 2 aromatic carbocycles. The van der Waals surface area contributed by atoms with Crippen LogP contribution in [0.5, 0.6) is 11.5 Å². The molecule has 2 heteroatoms. The van der Waals surface area contributed by atoms with Gasteiger partial charge < -0.3 is 4.74 Å². The van der Waals surface area contributed by atoms with Crippen molar-refractivity contribution in [3.8, 4) is 11.5 Å². The molecule has 0 saturated carbocycles. The number of hydrogen-bond acceptors (Lipinski definition) is 2. The Morgan fingerprint density at radius 1 is 0.826 bits per heavy atom. The van der Waals surface area contributed by atoms with E-state index in [1.807, 2.05) is 17.4 Å². The highest BCUT2D eigenvalue weighted by molar-refractivity contribution is 7.12. The highest BCUT2D eigenvalue weighted by Crippen LogP contribution is 2.50. The molecule has 2 heterocycles. The maximum atomic E-state index is 6.17. The largest absolute Gasteiger partial charge is 0.457 e. The molecular weight excluding hydrogens is 300 g/mol. The number of thiophene rings is 1. The van der Waals surface area contributed by atoms with E-state index in [1.165, 1.54) is 37.6 Å². The lowest BCUT2D eigenvalue weighted by Crippen LogP contribution is -2.11. The van der Waals surface area contributed by atoms with E-state index in [2.05, 4.69) is 64.1 Å². The van der Waals surface area contributed by atoms with Gasteiger partial charge in [0.1, 0.15) is 11.5 Å². The molecule has 23 heavy (non-hydrogen) atoms. The molecule has 1 aliphatic heterocycles. The molecule has 0 saturated heterocycles. The van der Waals surface area contributed by atoms with Gasteiger partial charge in [-0.15, -0.1) is 11.3 Å². The van der Waals surface area contributed by atoms with E-state index < -0.39 is 0 Å². The molecule has 0 radical (unpaired) electrons. The number of benzene rings is 2. The first kappa shape index (κ1) is 14.5. The lowest BCUT2D eigenvalue weighted by atomic mass is 9.84. The Hall–Kier alpha value is -2.06. The summed E-state index contributed by atoms with van der Waals surface area (Å²) >= 11 is 1.92. The van der Waals surface area contributed by atoms with Crippen molar-refractivity contribution in [2.45, 2.75) is 33.6 Å². The van der Waals surface area contributed by atoms with E-state index in [-0.39, 0.29) is 5.92 Å². The van der Waals surface area contributed by atoms with Crippen LogP contribution in [0.2, 0.25) is 0 Å². The topological polar surface area (TPSA) is 9.23 Å². The van der Waals surface area contributed by atoms with Gasteiger partial charge in [0.2, 0.25) is 0 Å². The molecule has 0 aliphatic carbocycles. The summed E-state index contributed by atoms with van der Waals surface area (Å²) in [6.45, 7) is 8.85. The summed E-state index contributed by atoms with van der Waals surface area (Å²) in [5.74, 6) is 2.24. The lowest BCUT2D eigenvalue weighted by Gasteiger charge is -2.28. The first-order valence-corrected chi connectivity index (χ1v) is 8.81. The van der Waals surface area contributed by atoms with Crippen LogP contribution in [0.1, 0.15) is 43.5 Å². The maximum absolute atomic E-state index is 6.17. The van der Waals surface area contributed by atoms with Crippen molar-refractivity contribution < 1.29 is 4.74 Å². The van der Waals surface area contributed by atoms with Crippen molar-refractivity contribution in [3.63, 3.8) is 0 Å². The fourth-order valence-corrected chi connectivity index (χ4v) is 4.72. The molecule has 1 aliphatic rings. The number of hydrogen-bond donors (Lipinski definition) is 0. The molecule has 1 unspecified atom stereocenters. The van der Waals surface area contributed by atoms with E-state index in [4.69, 9.17) is 4.74 Å². The Labute approximate surface area is 141 Å². The molecule has 4 rings (SSSR count). The first-order valence-electron chi connectivity index (χ1n) is 8.00. The second kappa shape index (κ2) is 5.24. The molecule has 0 fully saturated rings. The van der Waals surface area contributed by atoms with Crippen LogP contribution in [-0.2, 0) is 0 Å². The van der Waals surface area contributed by atoms with Gasteiger partial charge in [0.05, 0.1) is 5.92 Å². The number of fused-ring (bicyclic) bond motifs is 2. The Balaban J connectivity index is 2.01. The molecular formula is C21H20OS. The van der Waals surface area contributed by atoms with Crippen LogP contribution in [0.4, 0.5) is 0 Å². The highest BCUT2D eigenvalue weighted by Gasteiger charge is 2.31. The average molecular weight is 320 g/mol. The third kappa shape index (κ3) is 2.21. The molecule has 0 bridgehead atoms. The molecule has 0 amide bonds. The Bertz CT molecular complexity index is 904. The Morgan fingerprint density at radius 2 is 1.57 bits per heavy atom. The first-order chi connectivity index (χ1) is 11.1. The van der Waals surface area contributed by atoms with Gasteiger partial charge in [-0.3, -0.25) is 0 Å². The van der Waals surface area contributed by atoms with Crippen LogP contribution >= 0.6 is 11.3 Å². The third-order valence-corrected chi connectivity index (χ3v) is 6.29. The zero-order chi connectivity index (χ0) is 16.1. The van der Waals surface area contributed by atoms with E-state index in [9.17, 15) is 0 Å². The van der Waals surface area contributed by atoms with Gasteiger partial charge in [0.15, 0.2) is 0 Å². The quantitative estimate of drug-likeness (QED) is 0.402. The molecule has 0 N–H and O–H groups in total. The lowest BCUT2D eigenvalue weighted by molar-refractivity contribution is 0.453. The van der Waals surface area contributed by atoms with Crippen LogP contribution in [0.25, 0.3) is 0 Å². The molecule has 116 valence electrons. The highest BCUT2D eigenvalue weighted by atomic mass is 32.1. The van der Waals surface area contributed by atoms with Gasteiger partial charge >= 0.3 is 0 Å². The van der Waals surface area contributed by atoms with Crippen LogP contribution in [0.15, 0.2) is 42.5 Å². The minimum absolute atomic E-state index is 0.271. The summed E-state index contributed by atoms with van der Waals surface area (Å²) in [5.41, 5.74) is 6.67. The zero-order valence-electron chi connectivity index (χ0n) is 13.9. The molecule has 1 aromatic heterocycles. The summed E-state index contributed by atoms with van der Waals surface area (Å²) in [6, 6.07) is 15.0. The van der Waals surface area contributed by atoms with E-state index in [1.54, 1.807) is 0 Å². The van der Waals surface area contributed by atoms with Crippen LogP contribution in [0, 0.1) is 27.7 Å². The number of ether oxygens (including phenoxy) is 1. The summed E-state index contributed by atoms with van der Waals surface area (Å²) < 4.78 is 6.17. The Morgan fingerprint density at radius 3 is 2.30 bits per heavy atom. The van der Waals surface area contributed by atoms with Crippen molar-refractivity contribution in [1.82, 2.24) is 0 Å². The van der Waals surface area contributed by atoms with Gasteiger partial charge in [-0.05, 0) is 51.0 Å². The normalized spacial score (nSPS) is 15.7. The summed E-state index contributed by atoms with van der Waals surface area (Å²) in [4.78, 5) is 2.86. The van der Waals surface area contributed by atoms with E-state index >= 15 is 0 Å². The molecule has 1 atom stereocenters. The minimum Gasteiger partial charge on any atom is -0.457 e. The average Bonchev–Trinajstić information content (AvgIpc) is 2.80. The third-order valence-electron chi connectivity index (χ3n) is 4.91. The van der Waals surface area contributed by atoms with Crippen LogP contribution < -0.4 is 4.74 Å². The SMILES string of the molecule is Cc1ccc2c(c1)C(c1sc(C)c(C)c1C)c1ccccc1O2. The molecule has 1 nitrogen and oxygen atoms in total. The smallest absolute Gasteiger partial charge is 0.131 e. The summed E-state index contributed by atoms with van der Waals surface area (Å²) in [5, 5.41) is 0. The standard InChI is InChI=1S/C21H20OS/c1-12-9-10-19-17(11-12)20(16-7-5-6-8-18(16)22-19)21-14(3)13(2)15(4)23-21/h5-11,20H,1-4H3. The minimum atomic E-state index is 0.271. The predicted octanol–water partition coefficient (Wildman–Crippen LogP) is 6.27. The van der Waals surface area contributed by atoms with Gasteiger partial charge in [-0.25, -0.2) is 0 Å². The second-order valence-corrected chi connectivity index (χ2v) is 7.64. The zero-order valence-corrected chi connectivity index (χ0v) is 14.8. The number of aryl methyl sites for hydroxylation is 2. The predicted molar refractivity (Wildman–Crippen MR) is 97.2 cm³/mol. The van der Waals surface area contributed by atoms with Gasteiger partial charge in [0.25, 0.3) is 0 Å². The fraction of sp³-hybridized carbons (Fsp3) is 0.238. The summed E-state index contributed by atoms with van der Waals surface area (Å²) in [7, 11) is 0. The maximum Gasteiger partial charge on any atom is 0.131 e. The second-order valence-electron chi connectivity index (χ2n) is 6.39. The fourth-order valence-electron chi connectivity index (χ4n) is 3.41. The van der Waals surface area contributed by atoms with Gasteiger partial charge in [0, 0.05) is 20.9 Å². The number of para-hydroxylation sites is 1. The number of rotatable bonds is 1.